The number of hydrogen-bond donors (Lipinski definition) is 1. The Labute approximate surface area is 130 Å². The van der Waals surface area contributed by atoms with E-state index in [0.717, 1.165) is 24.5 Å². The summed E-state index contributed by atoms with van der Waals surface area (Å²) in [5.41, 5.74) is 2.12. The molecular formula is C17H21N3O2. The first-order chi connectivity index (χ1) is 10.7. The number of rotatable bonds is 6. The van der Waals surface area contributed by atoms with Gasteiger partial charge in [-0.05, 0) is 50.2 Å². The van der Waals surface area contributed by atoms with Gasteiger partial charge in [0.15, 0.2) is 0 Å². The van der Waals surface area contributed by atoms with Gasteiger partial charge >= 0.3 is 0 Å². The summed E-state index contributed by atoms with van der Waals surface area (Å²) in [5, 5.41) is 2.82. The molecule has 0 aliphatic heterocycles. The zero-order chi connectivity index (χ0) is 15.9. The summed E-state index contributed by atoms with van der Waals surface area (Å²) >= 11 is 0. The van der Waals surface area contributed by atoms with Gasteiger partial charge in [0, 0.05) is 18.8 Å². The van der Waals surface area contributed by atoms with Crippen LogP contribution in [-0.2, 0) is 0 Å². The molecule has 0 radical (unpaired) electrons. The normalized spacial score (nSPS) is 10.1. The van der Waals surface area contributed by atoms with Gasteiger partial charge in [-0.1, -0.05) is 0 Å². The number of pyridine rings is 1. The lowest BCUT2D eigenvalue weighted by molar-refractivity contribution is 0.102. The maximum atomic E-state index is 12.2. The summed E-state index contributed by atoms with van der Waals surface area (Å²) in [7, 11) is 1.61. The molecule has 1 aromatic carbocycles. The second kappa shape index (κ2) is 7.45. The quantitative estimate of drug-likeness (QED) is 0.890. The molecule has 1 N–H and O–H groups in total. The lowest BCUT2D eigenvalue weighted by atomic mass is 10.2. The summed E-state index contributed by atoms with van der Waals surface area (Å²) in [5.74, 6) is 0.524. The number of ether oxygens (including phenoxy) is 1. The smallest absolute Gasteiger partial charge is 0.274 e. The fraction of sp³-hybridized carbons (Fsp3) is 0.294. The number of aromatic nitrogens is 1. The molecule has 1 heterocycles. The van der Waals surface area contributed by atoms with Crippen molar-refractivity contribution in [1.82, 2.24) is 4.98 Å². The molecule has 1 aromatic heterocycles. The molecule has 0 saturated carbocycles. The molecule has 5 heteroatoms. The lowest BCUT2D eigenvalue weighted by Gasteiger charge is -2.20. The molecule has 116 valence electrons. The third kappa shape index (κ3) is 3.75. The highest BCUT2D eigenvalue weighted by molar-refractivity contribution is 6.02. The zero-order valence-electron chi connectivity index (χ0n) is 13.2. The van der Waals surface area contributed by atoms with Crippen LogP contribution in [0.1, 0.15) is 24.3 Å². The minimum Gasteiger partial charge on any atom is -0.497 e. The predicted molar refractivity (Wildman–Crippen MR) is 88.7 cm³/mol. The van der Waals surface area contributed by atoms with Crippen molar-refractivity contribution < 1.29 is 9.53 Å². The maximum Gasteiger partial charge on any atom is 0.274 e. The predicted octanol–water partition coefficient (Wildman–Crippen LogP) is 3.19. The third-order valence-corrected chi connectivity index (χ3v) is 3.46. The van der Waals surface area contributed by atoms with Crippen LogP contribution in [0.3, 0.4) is 0 Å². The number of benzene rings is 1. The largest absolute Gasteiger partial charge is 0.497 e. The average Bonchev–Trinajstić information content (AvgIpc) is 2.57. The van der Waals surface area contributed by atoms with Gasteiger partial charge in [-0.3, -0.25) is 4.79 Å². The highest BCUT2D eigenvalue weighted by Crippen LogP contribution is 2.16. The number of nitrogens with one attached hydrogen (secondary N) is 1. The second-order valence-corrected chi connectivity index (χ2v) is 4.76. The van der Waals surface area contributed by atoms with Crippen molar-refractivity contribution in [1.29, 1.82) is 0 Å². The van der Waals surface area contributed by atoms with Crippen molar-refractivity contribution in [2.45, 2.75) is 13.8 Å². The number of nitrogens with zero attached hydrogens (tertiary/aromatic N) is 2. The lowest BCUT2D eigenvalue weighted by Crippen LogP contribution is -2.22. The molecule has 0 unspecified atom stereocenters. The summed E-state index contributed by atoms with van der Waals surface area (Å²) in [4.78, 5) is 18.6. The minimum absolute atomic E-state index is 0.226. The van der Waals surface area contributed by atoms with Gasteiger partial charge in [0.2, 0.25) is 0 Å². The van der Waals surface area contributed by atoms with E-state index in [1.165, 1.54) is 0 Å². The molecule has 0 atom stereocenters. The van der Waals surface area contributed by atoms with Gasteiger partial charge < -0.3 is 15.0 Å². The number of amides is 1. The molecule has 0 spiro atoms. The van der Waals surface area contributed by atoms with Crippen LogP contribution in [0.4, 0.5) is 11.4 Å². The molecule has 2 rings (SSSR count). The number of methoxy groups -OCH3 is 1. The maximum absolute atomic E-state index is 12.2. The van der Waals surface area contributed by atoms with Gasteiger partial charge in [0.25, 0.3) is 5.91 Å². The molecule has 1 amide bonds. The molecule has 0 aliphatic rings. The van der Waals surface area contributed by atoms with E-state index in [4.69, 9.17) is 4.74 Å². The Morgan fingerprint density at radius 3 is 2.32 bits per heavy atom. The number of carbonyl (C=O) groups excluding carboxylic acids is 1. The first kappa shape index (κ1) is 15.8. The van der Waals surface area contributed by atoms with Crippen LogP contribution in [0, 0.1) is 0 Å². The molecule has 22 heavy (non-hydrogen) atoms. The van der Waals surface area contributed by atoms with Crippen LogP contribution in [0.15, 0.2) is 42.6 Å². The summed E-state index contributed by atoms with van der Waals surface area (Å²) in [6.07, 6.45) is 1.73. The monoisotopic (exact) mass is 299 g/mol. The highest BCUT2D eigenvalue weighted by atomic mass is 16.5. The fourth-order valence-electron chi connectivity index (χ4n) is 2.17. The van der Waals surface area contributed by atoms with Crippen molar-refractivity contribution in [2.75, 3.05) is 30.4 Å². The third-order valence-electron chi connectivity index (χ3n) is 3.46. The van der Waals surface area contributed by atoms with E-state index < -0.39 is 0 Å². The van der Waals surface area contributed by atoms with E-state index in [-0.39, 0.29) is 5.91 Å². The van der Waals surface area contributed by atoms with Crippen molar-refractivity contribution in [3.8, 4) is 5.75 Å². The average molecular weight is 299 g/mol. The van der Waals surface area contributed by atoms with Crippen molar-refractivity contribution in [3.05, 3.63) is 48.3 Å². The van der Waals surface area contributed by atoms with Crippen molar-refractivity contribution >= 4 is 17.3 Å². The van der Waals surface area contributed by atoms with Gasteiger partial charge in [0.1, 0.15) is 11.4 Å². The Bertz CT molecular complexity index is 605. The van der Waals surface area contributed by atoms with Gasteiger partial charge in [-0.2, -0.15) is 0 Å². The topological polar surface area (TPSA) is 54.5 Å². The number of hydrogen-bond acceptors (Lipinski definition) is 4. The van der Waals surface area contributed by atoms with Crippen LogP contribution in [0.25, 0.3) is 0 Å². The molecule has 5 nitrogen and oxygen atoms in total. The Morgan fingerprint density at radius 1 is 1.14 bits per heavy atom. The van der Waals surface area contributed by atoms with E-state index in [0.29, 0.717) is 11.4 Å². The van der Waals surface area contributed by atoms with E-state index in [1.54, 1.807) is 43.6 Å². The fourth-order valence-corrected chi connectivity index (χ4v) is 2.17. The first-order valence-corrected chi connectivity index (χ1v) is 7.34. The SMILES string of the molecule is CCN(CC)c1ccc(C(=O)Nc2ccc(OC)cc2)nc1. The molecule has 2 aromatic rings. The van der Waals surface area contributed by atoms with Crippen LogP contribution in [0.5, 0.6) is 5.75 Å². The molecule has 0 fully saturated rings. The van der Waals surface area contributed by atoms with E-state index in [1.807, 2.05) is 6.07 Å². The van der Waals surface area contributed by atoms with E-state index in [9.17, 15) is 4.79 Å². The Hall–Kier alpha value is -2.56. The van der Waals surface area contributed by atoms with E-state index >= 15 is 0 Å². The number of carbonyl (C=O) groups is 1. The first-order valence-electron chi connectivity index (χ1n) is 7.34. The number of anilines is 2. The minimum atomic E-state index is -0.226. The second-order valence-electron chi connectivity index (χ2n) is 4.76. The molecule has 0 bridgehead atoms. The van der Waals surface area contributed by atoms with Gasteiger partial charge in [0.05, 0.1) is 19.0 Å². The Morgan fingerprint density at radius 2 is 1.82 bits per heavy atom. The van der Waals surface area contributed by atoms with E-state index in [2.05, 4.69) is 29.0 Å². The van der Waals surface area contributed by atoms with Crippen molar-refractivity contribution in [2.24, 2.45) is 0 Å². The van der Waals surface area contributed by atoms with Gasteiger partial charge in [-0.15, -0.1) is 0 Å². The van der Waals surface area contributed by atoms with Crippen LogP contribution in [0.2, 0.25) is 0 Å². The highest BCUT2D eigenvalue weighted by Gasteiger charge is 2.09. The van der Waals surface area contributed by atoms with Crippen LogP contribution in [-0.4, -0.2) is 31.1 Å². The molecule has 0 aliphatic carbocycles. The Balaban J connectivity index is 2.05. The zero-order valence-corrected chi connectivity index (χ0v) is 13.2. The van der Waals surface area contributed by atoms with Gasteiger partial charge in [-0.25, -0.2) is 4.98 Å². The molecule has 0 saturated heterocycles. The summed E-state index contributed by atoms with van der Waals surface area (Å²) < 4.78 is 5.09. The Kier molecular flexibility index (Phi) is 5.36. The summed E-state index contributed by atoms with van der Waals surface area (Å²) in [6.45, 7) is 6.01. The van der Waals surface area contributed by atoms with Crippen LogP contribution < -0.4 is 15.0 Å². The summed E-state index contributed by atoms with van der Waals surface area (Å²) in [6, 6.07) is 10.8. The van der Waals surface area contributed by atoms with Crippen LogP contribution >= 0.6 is 0 Å². The van der Waals surface area contributed by atoms with Crippen molar-refractivity contribution in [3.63, 3.8) is 0 Å². The molecular weight excluding hydrogens is 278 g/mol. The standard InChI is InChI=1S/C17H21N3O2/c1-4-20(5-2)14-8-11-16(18-12-14)17(21)19-13-6-9-15(22-3)10-7-13/h6-12H,4-5H2,1-3H3,(H,19,21).